The van der Waals surface area contributed by atoms with E-state index in [9.17, 15) is 9.18 Å². The SMILES string of the molecule is C=CC(=O)N1CCN(c2nc(Oc3cccc4c3CCN(C(C)C)C4)nc3c(Oc4c(Cl)c(F)cc(N)c4C=N)nccc23)CC1. The lowest BCUT2D eigenvalue weighted by atomic mass is 9.98. The van der Waals surface area contributed by atoms with E-state index in [0.717, 1.165) is 37.4 Å². The summed E-state index contributed by atoms with van der Waals surface area (Å²) < 4.78 is 27.2. The summed E-state index contributed by atoms with van der Waals surface area (Å²) in [5.74, 6) is 0.145. The van der Waals surface area contributed by atoms with E-state index >= 15 is 0 Å². The predicted octanol–water partition coefficient (Wildman–Crippen LogP) is 5.58. The number of aromatic nitrogens is 3. The number of ether oxygens (including phenoxy) is 2. The molecule has 2 aromatic carbocycles. The van der Waals surface area contributed by atoms with Crippen LogP contribution in [0.5, 0.6) is 23.4 Å². The number of hydrogen-bond acceptors (Lipinski definition) is 10. The monoisotopic (exact) mass is 644 g/mol. The molecule has 4 heterocycles. The normalized spacial score (nSPS) is 15.2. The van der Waals surface area contributed by atoms with E-state index < -0.39 is 5.82 Å². The smallest absolute Gasteiger partial charge is 0.324 e. The second kappa shape index (κ2) is 12.9. The Morgan fingerprint density at radius 3 is 2.65 bits per heavy atom. The minimum atomic E-state index is -0.795. The van der Waals surface area contributed by atoms with Gasteiger partial charge in [0.25, 0.3) is 0 Å². The van der Waals surface area contributed by atoms with E-state index in [1.807, 2.05) is 17.0 Å². The minimum Gasteiger partial charge on any atom is -0.434 e. The summed E-state index contributed by atoms with van der Waals surface area (Å²) in [6, 6.07) is 9.26. The third kappa shape index (κ3) is 5.93. The molecule has 0 aliphatic carbocycles. The summed E-state index contributed by atoms with van der Waals surface area (Å²) in [6.07, 6.45) is 4.59. The van der Waals surface area contributed by atoms with Gasteiger partial charge in [0.1, 0.15) is 27.9 Å². The Labute approximate surface area is 270 Å². The Kier molecular flexibility index (Phi) is 8.74. The summed E-state index contributed by atoms with van der Waals surface area (Å²) >= 11 is 6.30. The van der Waals surface area contributed by atoms with Crippen molar-refractivity contribution >= 4 is 46.1 Å². The number of nitrogens with two attached hydrogens (primary N) is 1. The van der Waals surface area contributed by atoms with Gasteiger partial charge in [0.15, 0.2) is 5.75 Å². The minimum absolute atomic E-state index is 0.00383. The molecule has 0 saturated carbocycles. The molecule has 3 N–H and O–H groups in total. The van der Waals surface area contributed by atoms with Crippen LogP contribution in [0.3, 0.4) is 0 Å². The van der Waals surface area contributed by atoms with Gasteiger partial charge in [-0.2, -0.15) is 9.97 Å². The number of halogens is 2. The average Bonchev–Trinajstić information content (AvgIpc) is 3.06. The number of benzene rings is 2. The first-order valence-electron chi connectivity index (χ1n) is 15.0. The number of rotatable bonds is 8. The van der Waals surface area contributed by atoms with E-state index in [0.29, 0.717) is 49.2 Å². The highest BCUT2D eigenvalue weighted by Gasteiger charge is 2.27. The molecule has 0 atom stereocenters. The molecule has 2 aliphatic rings. The van der Waals surface area contributed by atoms with Gasteiger partial charge in [-0.15, -0.1) is 0 Å². The molecule has 238 valence electrons. The van der Waals surface area contributed by atoms with Crippen LogP contribution >= 0.6 is 11.6 Å². The molecule has 1 fully saturated rings. The summed E-state index contributed by atoms with van der Waals surface area (Å²) in [5.41, 5.74) is 8.65. The summed E-state index contributed by atoms with van der Waals surface area (Å²) in [7, 11) is 0. The summed E-state index contributed by atoms with van der Waals surface area (Å²) in [6.45, 7) is 11.6. The van der Waals surface area contributed by atoms with Gasteiger partial charge in [0.05, 0.1) is 10.9 Å². The van der Waals surface area contributed by atoms with Gasteiger partial charge < -0.3 is 30.4 Å². The van der Waals surface area contributed by atoms with Gasteiger partial charge in [-0.05, 0) is 50.1 Å². The van der Waals surface area contributed by atoms with Crippen LogP contribution in [-0.4, -0.2) is 75.6 Å². The third-order valence-electron chi connectivity index (χ3n) is 8.38. The van der Waals surface area contributed by atoms with Crippen molar-refractivity contribution < 1.29 is 18.7 Å². The molecule has 0 bridgehead atoms. The van der Waals surface area contributed by atoms with Crippen LogP contribution in [0.4, 0.5) is 15.9 Å². The van der Waals surface area contributed by atoms with E-state index in [-0.39, 0.29) is 45.3 Å². The Balaban J connectivity index is 1.45. The standard InChI is InChI=1S/C33H34ClFN8O3/c1-4-27(44)41-12-14-42(15-13-41)31-22-8-10-38-32(46-30-23(17-36)25(37)16-24(35)28(30)34)29(22)39-33(40-31)45-26-7-5-6-20-18-43(19(2)3)11-9-21(20)26/h4-8,10,16-17,19,36H,1,9,11-15,18,37H2,2-3H3. The van der Waals surface area contributed by atoms with E-state index in [1.54, 1.807) is 11.0 Å². The molecule has 2 aromatic heterocycles. The second-order valence-electron chi connectivity index (χ2n) is 11.4. The van der Waals surface area contributed by atoms with Crippen molar-refractivity contribution in [3.63, 3.8) is 0 Å². The molecule has 2 aliphatic heterocycles. The van der Waals surface area contributed by atoms with Gasteiger partial charge in [-0.3, -0.25) is 9.69 Å². The summed E-state index contributed by atoms with van der Waals surface area (Å²) in [4.78, 5) is 32.4. The number of carbonyl (C=O) groups is 1. The van der Waals surface area contributed by atoms with E-state index in [2.05, 4.69) is 36.4 Å². The maximum Gasteiger partial charge on any atom is 0.324 e. The number of nitrogens with one attached hydrogen (secondary N) is 1. The first kappa shape index (κ1) is 31.2. The fourth-order valence-electron chi connectivity index (χ4n) is 5.84. The van der Waals surface area contributed by atoms with Crippen molar-refractivity contribution in [2.24, 2.45) is 0 Å². The molecule has 1 amide bonds. The van der Waals surface area contributed by atoms with Crippen LogP contribution in [0, 0.1) is 11.2 Å². The van der Waals surface area contributed by atoms with Crippen LogP contribution in [0.1, 0.15) is 30.5 Å². The molecular weight excluding hydrogens is 611 g/mol. The Hall–Kier alpha value is -4.81. The third-order valence-corrected chi connectivity index (χ3v) is 8.73. The highest BCUT2D eigenvalue weighted by molar-refractivity contribution is 6.33. The largest absolute Gasteiger partial charge is 0.434 e. The van der Waals surface area contributed by atoms with E-state index in [1.165, 1.54) is 17.8 Å². The second-order valence-corrected chi connectivity index (χ2v) is 11.8. The lowest BCUT2D eigenvalue weighted by Gasteiger charge is -2.35. The van der Waals surface area contributed by atoms with Crippen LogP contribution in [0.15, 0.2) is 49.2 Å². The van der Waals surface area contributed by atoms with Gasteiger partial charge in [-0.25, -0.2) is 9.37 Å². The fraction of sp³-hybridized carbons (Fsp3) is 0.303. The molecule has 11 nitrogen and oxygen atoms in total. The molecule has 4 aromatic rings. The van der Waals surface area contributed by atoms with Crippen LogP contribution in [-0.2, 0) is 17.8 Å². The molecule has 0 unspecified atom stereocenters. The van der Waals surface area contributed by atoms with Crippen molar-refractivity contribution in [3.05, 3.63) is 76.7 Å². The first-order valence-corrected chi connectivity index (χ1v) is 15.4. The molecular formula is C33H34ClFN8O3. The number of anilines is 2. The molecule has 6 rings (SSSR count). The molecule has 46 heavy (non-hydrogen) atoms. The zero-order chi connectivity index (χ0) is 32.5. The topological polar surface area (TPSA) is 134 Å². The number of carbonyl (C=O) groups excluding carboxylic acids is 1. The van der Waals surface area contributed by atoms with Crippen molar-refractivity contribution in [2.75, 3.05) is 43.4 Å². The lowest BCUT2D eigenvalue weighted by Crippen LogP contribution is -2.48. The Morgan fingerprint density at radius 2 is 1.93 bits per heavy atom. The molecule has 13 heteroatoms. The maximum atomic E-state index is 14.6. The highest BCUT2D eigenvalue weighted by Crippen LogP contribution is 2.40. The van der Waals surface area contributed by atoms with Gasteiger partial charge in [0.2, 0.25) is 11.8 Å². The van der Waals surface area contributed by atoms with Gasteiger partial charge in [-0.1, -0.05) is 30.3 Å². The number of nitrogen functional groups attached to an aromatic ring is 1. The zero-order valence-electron chi connectivity index (χ0n) is 25.6. The summed E-state index contributed by atoms with van der Waals surface area (Å²) in [5, 5.41) is 8.10. The first-order chi connectivity index (χ1) is 22.2. The van der Waals surface area contributed by atoms with Crippen LogP contribution in [0.25, 0.3) is 10.9 Å². The number of pyridine rings is 1. The zero-order valence-corrected chi connectivity index (χ0v) is 26.4. The number of hydrogen-bond donors (Lipinski definition) is 2. The van der Waals surface area contributed by atoms with Gasteiger partial charge >= 0.3 is 6.01 Å². The van der Waals surface area contributed by atoms with Gasteiger partial charge in [0, 0.05) is 69.0 Å². The molecule has 0 spiro atoms. The fourth-order valence-corrected chi connectivity index (χ4v) is 6.03. The Morgan fingerprint density at radius 1 is 1.15 bits per heavy atom. The lowest BCUT2D eigenvalue weighted by molar-refractivity contribution is -0.126. The number of amides is 1. The quantitative estimate of drug-likeness (QED) is 0.143. The van der Waals surface area contributed by atoms with Crippen molar-refractivity contribution in [1.29, 1.82) is 5.41 Å². The molecule has 0 radical (unpaired) electrons. The van der Waals surface area contributed by atoms with Crippen molar-refractivity contribution in [2.45, 2.75) is 32.9 Å². The van der Waals surface area contributed by atoms with Crippen molar-refractivity contribution in [1.82, 2.24) is 24.8 Å². The number of nitrogens with zero attached hydrogens (tertiary/aromatic N) is 6. The maximum absolute atomic E-state index is 14.6. The molecule has 1 saturated heterocycles. The predicted molar refractivity (Wildman–Crippen MR) is 176 cm³/mol. The van der Waals surface area contributed by atoms with Crippen molar-refractivity contribution in [3.8, 4) is 23.4 Å². The number of piperazine rings is 1. The highest BCUT2D eigenvalue weighted by atomic mass is 35.5. The van der Waals surface area contributed by atoms with E-state index in [4.69, 9.17) is 42.2 Å². The van der Waals surface area contributed by atoms with Crippen LogP contribution in [0.2, 0.25) is 5.02 Å². The Bertz CT molecular complexity index is 1840. The van der Waals surface area contributed by atoms with Crippen LogP contribution < -0.4 is 20.1 Å². The average molecular weight is 645 g/mol. The number of fused-ring (bicyclic) bond motifs is 2.